The molecule has 0 bridgehead atoms. The zero-order valence-corrected chi connectivity index (χ0v) is 17.3. The van der Waals surface area contributed by atoms with Gasteiger partial charge in [-0.2, -0.15) is 0 Å². The number of nitrogens with one attached hydrogen (secondary N) is 2. The highest BCUT2D eigenvalue weighted by Crippen LogP contribution is 2.34. The second kappa shape index (κ2) is 9.17. The van der Waals surface area contributed by atoms with Gasteiger partial charge in [0, 0.05) is 11.8 Å². The molecule has 160 valence electrons. The van der Waals surface area contributed by atoms with Gasteiger partial charge in [0.05, 0.1) is 18.7 Å². The zero-order chi connectivity index (χ0) is 22.5. The number of esters is 1. The van der Waals surface area contributed by atoms with Crippen molar-refractivity contribution in [2.75, 3.05) is 7.11 Å². The summed E-state index contributed by atoms with van der Waals surface area (Å²) in [5.74, 6) is -1.36. The fourth-order valence-corrected chi connectivity index (χ4v) is 3.25. The Bertz CT molecular complexity index is 1100. The van der Waals surface area contributed by atoms with Crippen LogP contribution < -0.4 is 20.1 Å². The van der Waals surface area contributed by atoms with Gasteiger partial charge in [-0.1, -0.05) is 30.3 Å². The van der Waals surface area contributed by atoms with Crippen LogP contribution in [0, 0.1) is 6.92 Å². The van der Waals surface area contributed by atoms with Crippen molar-refractivity contribution >= 4 is 24.0 Å². The fraction of sp³-hybridized carbons (Fsp3) is 0.174. The van der Waals surface area contributed by atoms with E-state index in [9.17, 15) is 19.5 Å². The molecule has 0 fully saturated rings. The van der Waals surface area contributed by atoms with Crippen molar-refractivity contribution in [3.63, 3.8) is 0 Å². The highest BCUT2D eigenvalue weighted by atomic mass is 16.6. The van der Waals surface area contributed by atoms with E-state index < -0.39 is 24.0 Å². The van der Waals surface area contributed by atoms with E-state index in [1.54, 1.807) is 12.1 Å². The lowest BCUT2D eigenvalue weighted by Crippen LogP contribution is -2.45. The van der Waals surface area contributed by atoms with Gasteiger partial charge in [0.1, 0.15) is 0 Å². The Morgan fingerprint density at radius 1 is 1.10 bits per heavy atom. The lowest BCUT2D eigenvalue weighted by Gasteiger charge is -2.27. The van der Waals surface area contributed by atoms with Crippen molar-refractivity contribution in [1.29, 1.82) is 0 Å². The summed E-state index contributed by atoms with van der Waals surface area (Å²) < 4.78 is 10.7. The van der Waals surface area contributed by atoms with Gasteiger partial charge in [0.15, 0.2) is 11.5 Å². The smallest absolute Gasteiger partial charge is 0.336 e. The number of allylic oxidation sites excluding steroid dienone is 1. The molecule has 0 spiro atoms. The van der Waals surface area contributed by atoms with Gasteiger partial charge in [-0.3, -0.25) is 0 Å². The second-order valence-electron chi connectivity index (χ2n) is 6.90. The standard InChI is InChI=1S/C23H22N2O6/c1-13-6-4-5-7-15(13)9-11-19(26)31-17-10-8-16(12-18(17)30-3)21-20(22(27)28)14(2)24-23(29)25-21/h4-12,21H,1-3H3,(H,27,28)(H2,24,25,29). The number of benzene rings is 2. The topological polar surface area (TPSA) is 114 Å². The van der Waals surface area contributed by atoms with E-state index in [1.165, 1.54) is 32.2 Å². The molecular weight excluding hydrogens is 400 g/mol. The van der Waals surface area contributed by atoms with Crippen LogP contribution >= 0.6 is 0 Å². The van der Waals surface area contributed by atoms with Crippen molar-refractivity contribution in [3.8, 4) is 11.5 Å². The average Bonchev–Trinajstić information content (AvgIpc) is 2.72. The first kappa shape index (κ1) is 21.6. The molecule has 0 radical (unpaired) electrons. The molecule has 8 heteroatoms. The van der Waals surface area contributed by atoms with Crippen LogP contribution in [0.2, 0.25) is 0 Å². The van der Waals surface area contributed by atoms with Gasteiger partial charge in [-0.25, -0.2) is 14.4 Å². The number of methoxy groups -OCH3 is 1. The summed E-state index contributed by atoms with van der Waals surface area (Å²) >= 11 is 0. The van der Waals surface area contributed by atoms with Crippen molar-refractivity contribution in [1.82, 2.24) is 10.6 Å². The first-order valence-electron chi connectivity index (χ1n) is 9.45. The number of carboxylic acids is 1. The third-order valence-corrected chi connectivity index (χ3v) is 4.82. The maximum atomic E-state index is 12.3. The summed E-state index contributed by atoms with van der Waals surface area (Å²) in [5.41, 5.74) is 2.64. The summed E-state index contributed by atoms with van der Waals surface area (Å²) in [6.45, 7) is 3.46. The Hall–Kier alpha value is -4.07. The molecule has 3 rings (SSSR count). The van der Waals surface area contributed by atoms with Crippen LogP contribution in [-0.2, 0) is 9.59 Å². The van der Waals surface area contributed by atoms with Crippen LogP contribution in [0.4, 0.5) is 4.79 Å². The number of carbonyl (C=O) groups is 3. The maximum absolute atomic E-state index is 12.3. The van der Waals surface area contributed by atoms with Gasteiger partial charge in [-0.15, -0.1) is 0 Å². The number of hydrogen-bond acceptors (Lipinski definition) is 5. The van der Waals surface area contributed by atoms with Crippen LogP contribution in [0.3, 0.4) is 0 Å². The van der Waals surface area contributed by atoms with E-state index in [0.29, 0.717) is 5.56 Å². The predicted molar refractivity (Wildman–Crippen MR) is 114 cm³/mol. The minimum absolute atomic E-state index is 0.00700. The van der Waals surface area contributed by atoms with Crippen LogP contribution in [0.15, 0.2) is 59.8 Å². The molecule has 2 aromatic carbocycles. The molecule has 2 amide bonds. The van der Waals surface area contributed by atoms with Crippen molar-refractivity contribution in [2.45, 2.75) is 19.9 Å². The number of carboxylic acid groups (broad SMARTS) is 1. The quantitative estimate of drug-likeness (QED) is 0.374. The van der Waals surface area contributed by atoms with Crippen LogP contribution in [0.25, 0.3) is 6.08 Å². The van der Waals surface area contributed by atoms with Gasteiger partial charge in [-0.05, 0) is 48.7 Å². The molecule has 1 atom stereocenters. The Labute approximate surface area is 179 Å². The molecule has 3 N–H and O–H groups in total. The van der Waals surface area contributed by atoms with Crippen LogP contribution in [0.1, 0.15) is 29.7 Å². The van der Waals surface area contributed by atoms with E-state index in [4.69, 9.17) is 9.47 Å². The third kappa shape index (κ3) is 4.92. The number of urea groups is 1. The van der Waals surface area contributed by atoms with E-state index in [1.807, 2.05) is 31.2 Å². The number of amides is 2. The van der Waals surface area contributed by atoms with E-state index >= 15 is 0 Å². The SMILES string of the molecule is COc1cc(C2NC(=O)NC(C)=C2C(=O)O)ccc1OC(=O)C=Cc1ccccc1C. The Morgan fingerprint density at radius 3 is 2.52 bits per heavy atom. The number of carbonyl (C=O) groups excluding carboxylic acids is 2. The highest BCUT2D eigenvalue weighted by molar-refractivity contribution is 5.94. The average molecular weight is 422 g/mol. The van der Waals surface area contributed by atoms with Gasteiger partial charge >= 0.3 is 18.0 Å². The van der Waals surface area contributed by atoms with Crippen LogP contribution in [-0.4, -0.2) is 30.2 Å². The molecule has 1 aliphatic rings. The summed E-state index contributed by atoms with van der Waals surface area (Å²) in [5, 5.41) is 14.6. The van der Waals surface area contributed by atoms with E-state index in [0.717, 1.165) is 11.1 Å². The molecular formula is C23H22N2O6. The lowest BCUT2D eigenvalue weighted by atomic mass is 9.95. The minimum atomic E-state index is -1.16. The first-order valence-corrected chi connectivity index (χ1v) is 9.45. The molecule has 1 aliphatic heterocycles. The van der Waals surface area contributed by atoms with Crippen LogP contribution in [0.5, 0.6) is 11.5 Å². The Kier molecular flexibility index (Phi) is 6.40. The normalized spacial score (nSPS) is 16.0. The Morgan fingerprint density at radius 2 is 1.84 bits per heavy atom. The summed E-state index contributed by atoms with van der Waals surface area (Å²) in [4.78, 5) is 35.8. The van der Waals surface area contributed by atoms with Crippen molar-refractivity contribution in [2.24, 2.45) is 0 Å². The molecule has 0 aromatic heterocycles. The molecule has 1 unspecified atom stereocenters. The van der Waals surface area contributed by atoms with Gasteiger partial charge in [0.2, 0.25) is 0 Å². The summed E-state index contributed by atoms with van der Waals surface area (Å²) in [6.07, 6.45) is 2.98. The number of hydrogen-bond donors (Lipinski definition) is 3. The van der Waals surface area contributed by atoms with Gasteiger partial charge < -0.3 is 25.2 Å². The predicted octanol–water partition coefficient (Wildman–Crippen LogP) is 3.33. The molecule has 0 saturated heterocycles. The van der Waals surface area contributed by atoms with E-state index in [2.05, 4.69) is 10.6 Å². The molecule has 0 saturated carbocycles. The maximum Gasteiger partial charge on any atom is 0.336 e. The van der Waals surface area contributed by atoms with Crippen molar-refractivity contribution < 1.29 is 29.0 Å². The third-order valence-electron chi connectivity index (χ3n) is 4.82. The highest BCUT2D eigenvalue weighted by Gasteiger charge is 2.31. The summed E-state index contributed by atoms with van der Waals surface area (Å²) in [6, 6.07) is 10.8. The minimum Gasteiger partial charge on any atom is -0.493 e. The lowest BCUT2D eigenvalue weighted by molar-refractivity contribution is -0.133. The number of ether oxygens (including phenoxy) is 2. The van der Waals surface area contributed by atoms with Gasteiger partial charge in [0.25, 0.3) is 0 Å². The molecule has 8 nitrogen and oxygen atoms in total. The first-order chi connectivity index (χ1) is 14.8. The largest absolute Gasteiger partial charge is 0.493 e. The second-order valence-corrected chi connectivity index (χ2v) is 6.90. The zero-order valence-electron chi connectivity index (χ0n) is 17.3. The fourth-order valence-electron chi connectivity index (χ4n) is 3.25. The molecule has 1 heterocycles. The Balaban J connectivity index is 1.84. The number of rotatable bonds is 6. The van der Waals surface area contributed by atoms with Crippen molar-refractivity contribution in [3.05, 3.63) is 76.5 Å². The molecule has 0 aliphatic carbocycles. The monoisotopic (exact) mass is 422 g/mol. The summed E-state index contributed by atoms with van der Waals surface area (Å²) in [7, 11) is 1.40. The molecule has 2 aromatic rings. The number of aryl methyl sites for hydroxylation is 1. The van der Waals surface area contributed by atoms with E-state index in [-0.39, 0.29) is 22.8 Å². The number of aliphatic carboxylic acids is 1. The molecule has 31 heavy (non-hydrogen) atoms.